The zero-order chi connectivity index (χ0) is 11.2. The number of nitrogens with one attached hydrogen (secondary N) is 1. The third-order valence-corrected chi connectivity index (χ3v) is 2.92. The maximum absolute atomic E-state index is 11.3. The summed E-state index contributed by atoms with van der Waals surface area (Å²) in [6.45, 7) is 4.24. The highest BCUT2D eigenvalue weighted by Crippen LogP contribution is 1.96. The SMILES string of the molecule is COCCCS(=O)(=O)NCC(C)(C)N.Cl. The molecule has 0 saturated heterocycles. The van der Waals surface area contributed by atoms with E-state index in [1.54, 1.807) is 21.0 Å². The lowest BCUT2D eigenvalue weighted by atomic mass is 10.1. The second-order valence-corrected chi connectivity index (χ2v) is 5.90. The molecule has 0 rings (SSSR count). The van der Waals surface area contributed by atoms with Crippen LogP contribution in [0.2, 0.25) is 0 Å². The van der Waals surface area contributed by atoms with E-state index in [0.29, 0.717) is 13.0 Å². The van der Waals surface area contributed by atoms with Crippen molar-refractivity contribution in [2.75, 3.05) is 26.0 Å². The van der Waals surface area contributed by atoms with Gasteiger partial charge in [0.25, 0.3) is 0 Å². The zero-order valence-corrected chi connectivity index (χ0v) is 11.1. The van der Waals surface area contributed by atoms with Gasteiger partial charge in [0.1, 0.15) is 0 Å². The smallest absolute Gasteiger partial charge is 0.211 e. The molecule has 0 amide bonds. The Morgan fingerprint density at radius 1 is 1.40 bits per heavy atom. The molecule has 7 heteroatoms. The van der Waals surface area contributed by atoms with Gasteiger partial charge in [0.15, 0.2) is 0 Å². The van der Waals surface area contributed by atoms with Crippen LogP contribution in [0.1, 0.15) is 20.3 Å². The van der Waals surface area contributed by atoms with Gasteiger partial charge in [0.2, 0.25) is 10.0 Å². The van der Waals surface area contributed by atoms with Crippen molar-refractivity contribution < 1.29 is 13.2 Å². The molecule has 0 spiro atoms. The van der Waals surface area contributed by atoms with Gasteiger partial charge in [-0.15, -0.1) is 12.4 Å². The topological polar surface area (TPSA) is 81.4 Å². The quantitative estimate of drug-likeness (QED) is 0.637. The highest BCUT2D eigenvalue weighted by molar-refractivity contribution is 7.89. The second-order valence-electron chi connectivity index (χ2n) is 3.97. The molecule has 0 aliphatic carbocycles. The number of hydrogen-bond acceptors (Lipinski definition) is 4. The van der Waals surface area contributed by atoms with Crippen molar-refractivity contribution in [1.29, 1.82) is 0 Å². The summed E-state index contributed by atoms with van der Waals surface area (Å²) in [5.41, 5.74) is 5.13. The van der Waals surface area contributed by atoms with Crippen LogP contribution in [0.25, 0.3) is 0 Å². The fourth-order valence-electron chi connectivity index (χ4n) is 0.761. The molecule has 0 heterocycles. The molecule has 0 unspecified atom stereocenters. The molecule has 0 radical (unpaired) electrons. The Morgan fingerprint density at radius 3 is 2.33 bits per heavy atom. The summed E-state index contributed by atoms with van der Waals surface area (Å²) in [6, 6.07) is 0. The Balaban J connectivity index is 0. The first-order valence-corrected chi connectivity index (χ1v) is 6.17. The largest absolute Gasteiger partial charge is 0.385 e. The van der Waals surface area contributed by atoms with Crippen molar-refractivity contribution >= 4 is 22.4 Å². The van der Waals surface area contributed by atoms with Crippen LogP contribution < -0.4 is 10.5 Å². The average molecular weight is 261 g/mol. The molecule has 0 aromatic heterocycles. The number of halogens is 1. The third-order valence-electron chi connectivity index (χ3n) is 1.51. The van der Waals surface area contributed by atoms with Gasteiger partial charge in [-0.05, 0) is 20.3 Å². The number of methoxy groups -OCH3 is 1. The number of rotatable bonds is 7. The Bertz CT molecular complexity index is 249. The lowest BCUT2D eigenvalue weighted by Gasteiger charge is -2.18. The van der Waals surface area contributed by atoms with E-state index >= 15 is 0 Å². The standard InChI is InChI=1S/C8H20N2O3S.ClH/c1-8(2,9)7-10-14(11,12)6-4-5-13-3;/h10H,4-7,9H2,1-3H3;1H. The van der Waals surface area contributed by atoms with Crippen LogP contribution in [0.3, 0.4) is 0 Å². The minimum atomic E-state index is -3.20. The number of sulfonamides is 1. The lowest BCUT2D eigenvalue weighted by molar-refractivity contribution is 0.199. The Labute approximate surface area is 98.2 Å². The summed E-state index contributed by atoms with van der Waals surface area (Å²) >= 11 is 0. The molecule has 0 aromatic rings. The zero-order valence-electron chi connectivity index (χ0n) is 9.45. The van der Waals surface area contributed by atoms with Gasteiger partial charge >= 0.3 is 0 Å². The Hall–Kier alpha value is 0.120. The predicted molar refractivity (Wildman–Crippen MR) is 63.8 cm³/mol. The van der Waals surface area contributed by atoms with Crippen molar-refractivity contribution in [2.24, 2.45) is 5.73 Å². The van der Waals surface area contributed by atoms with Crippen molar-refractivity contribution in [3.05, 3.63) is 0 Å². The first-order chi connectivity index (χ1) is 6.27. The molecule has 0 fully saturated rings. The molecule has 0 saturated carbocycles. The fraction of sp³-hybridized carbons (Fsp3) is 1.00. The molecular weight excluding hydrogens is 240 g/mol. The molecule has 0 atom stereocenters. The minimum absolute atomic E-state index is 0. The van der Waals surface area contributed by atoms with E-state index in [0.717, 1.165) is 0 Å². The second kappa shape index (κ2) is 7.40. The first kappa shape index (κ1) is 17.5. The van der Waals surface area contributed by atoms with E-state index in [-0.39, 0.29) is 24.7 Å². The van der Waals surface area contributed by atoms with Crippen molar-refractivity contribution in [2.45, 2.75) is 25.8 Å². The number of ether oxygens (including phenoxy) is 1. The molecule has 5 nitrogen and oxygen atoms in total. The Morgan fingerprint density at radius 2 is 1.93 bits per heavy atom. The summed E-state index contributed by atoms with van der Waals surface area (Å²) in [5.74, 6) is 0.0803. The predicted octanol–water partition coefficient (Wildman–Crippen LogP) is 0.101. The van der Waals surface area contributed by atoms with Crippen molar-refractivity contribution in [3.63, 3.8) is 0 Å². The van der Waals surface area contributed by atoms with E-state index in [4.69, 9.17) is 10.5 Å². The van der Waals surface area contributed by atoms with Crippen molar-refractivity contribution in [3.8, 4) is 0 Å². The summed E-state index contributed by atoms with van der Waals surface area (Å²) in [6.07, 6.45) is 0.497. The molecular formula is C8H21ClN2O3S. The highest BCUT2D eigenvalue weighted by atomic mass is 35.5. The molecule has 15 heavy (non-hydrogen) atoms. The van der Waals surface area contributed by atoms with Crippen LogP contribution in [0, 0.1) is 0 Å². The van der Waals surface area contributed by atoms with Crippen LogP contribution in [0.15, 0.2) is 0 Å². The van der Waals surface area contributed by atoms with E-state index in [1.807, 2.05) is 0 Å². The first-order valence-electron chi connectivity index (χ1n) is 4.52. The van der Waals surface area contributed by atoms with Gasteiger partial charge in [0, 0.05) is 25.8 Å². The van der Waals surface area contributed by atoms with Gasteiger partial charge < -0.3 is 10.5 Å². The average Bonchev–Trinajstić information content (AvgIpc) is 2.00. The molecule has 0 aliphatic heterocycles. The summed E-state index contributed by atoms with van der Waals surface area (Å²) < 4.78 is 29.9. The fourth-order valence-corrected chi connectivity index (χ4v) is 2.00. The van der Waals surface area contributed by atoms with E-state index in [1.165, 1.54) is 0 Å². The van der Waals surface area contributed by atoms with Gasteiger partial charge in [0.05, 0.1) is 5.75 Å². The Kier molecular flexibility index (Phi) is 8.64. The van der Waals surface area contributed by atoms with Crippen LogP contribution in [-0.2, 0) is 14.8 Å². The molecule has 0 bridgehead atoms. The summed E-state index contributed by atoms with van der Waals surface area (Å²) in [7, 11) is -1.65. The third kappa shape index (κ3) is 12.0. The minimum Gasteiger partial charge on any atom is -0.385 e. The van der Waals surface area contributed by atoms with Crippen LogP contribution >= 0.6 is 12.4 Å². The molecule has 94 valence electrons. The van der Waals surface area contributed by atoms with E-state index < -0.39 is 15.6 Å². The van der Waals surface area contributed by atoms with Crippen molar-refractivity contribution in [1.82, 2.24) is 4.72 Å². The van der Waals surface area contributed by atoms with E-state index in [9.17, 15) is 8.42 Å². The van der Waals surface area contributed by atoms with Gasteiger partial charge in [-0.2, -0.15) is 0 Å². The van der Waals surface area contributed by atoms with Crippen LogP contribution in [0.4, 0.5) is 0 Å². The monoisotopic (exact) mass is 260 g/mol. The maximum Gasteiger partial charge on any atom is 0.211 e. The van der Waals surface area contributed by atoms with Gasteiger partial charge in [-0.3, -0.25) is 0 Å². The summed E-state index contributed by atoms with van der Waals surface area (Å²) in [4.78, 5) is 0. The van der Waals surface area contributed by atoms with Gasteiger partial charge in [-0.1, -0.05) is 0 Å². The molecule has 0 aromatic carbocycles. The normalized spacial score (nSPS) is 12.3. The molecule has 3 N–H and O–H groups in total. The number of hydrogen-bond donors (Lipinski definition) is 2. The maximum atomic E-state index is 11.3. The number of nitrogens with two attached hydrogens (primary N) is 1. The van der Waals surface area contributed by atoms with Crippen LogP contribution in [0.5, 0.6) is 0 Å². The lowest BCUT2D eigenvalue weighted by Crippen LogP contribution is -2.45. The highest BCUT2D eigenvalue weighted by Gasteiger charge is 2.15. The van der Waals surface area contributed by atoms with Gasteiger partial charge in [-0.25, -0.2) is 13.1 Å². The molecule has 0 aliphatic rings. The van der Waals surface area contributed by atoms with E-state index in [2.05, 4.69) is 4.72 Å². The van der Waals surface area contributed by atoms with Crippen LogP contribution in [-0.4, -0.2) is 40.0 Å². The summed E-state index contributed by atoms with van der Waals surface area (Å²) in [5, 5.41) is 0.